The lowest BCUT2D eigenvalue weighted by Crippen LogP contribution is -1.96. The van der Waals surface area contributed by atoms with Gasteiger partial charge in [0.15, 0.2) is 11.6 Å². The van der Waals surface area contributed by atoms with Gasteiger partial charge in [-0.2, -0.15) is 0 Å². The van der Waals surface area contributed by atoms with Gasteiger partial charge >= 0.3 is 0 Å². The van der Waals surface area contributed by atoms with Crippen molar-refractivity contribution >= 4 is 21.6 Å². The van der Waals surface area contributed by atoms with Crippen LogP contribution in [0.2, 0.25) is 0 Å². The normalized spacial score (nSPS) is 10.3. The molecule has 0 aliphatic rings. The van der Waals surface area contributed by atoms with Crippen molar-refractivity contribution in [3.05, 3.63) is 56.6 Å². The molecule has 0 fully saturated rings. The molecule has 1 heterocycles. The zero-order valence-electron chi connectivity index (χ0n) is 9.76. The Bertz CT molecular complexity index is 649. The van der Waals surface area contributed by atoms with Gasteiger partial charge in [-0.15, -0.1) is 0 Å². The molecule has 7 heteroatoms. The summed E-state index contributed by atoms with van der Waals surface area (Å²) in [6.45, 7) is 1.52. The average Bonchev–Trinajstić information content (AvgIpc) is 2.33. The second-order valence-corrected chi connectivity index (χ2v) is 4.68. The molecule has 0 amide bonds. The molecule has 2 rings (SSSR count). The fraction of sp³-hybridized carbons (Fsp3) is 0.0833. The summed E-state index contributed by atoms with van der Waals surface area (Å²) in [4.78, 5) is 13.9. The lowest BCUT2D eigenvalue weighted by Gasteiger charge is -2.07. The second kappa shape index (κ2) is 5.31. The number of nitrogens with zero attached hydrogens (tertiary/aromatic N) is 2. The Morgan fingerprint density at radius 2 is 2.11 bits per heavy atom. The highest BCUT2D eigenvalue weighted by Crippen LogP contribution is 2.30. The summed E-state index contributed by atoms with van der Waals surface area (Å²) in [5.74, 6) is -0.540. The van der Waals surface area contributed by atoms with Crippen molar-refractivity contribution < 1.29 is 14.1 Å². The lowest BCUT2D eigenvalue weighted by atomic mass is 10.2. The molecule has 0 aliphatic heterocycles. The van der Waals surface area contributed by atoms with Crippen molar-refractivity contribution in [1.29, 1.82) is 0 Å². The standard InChI is InChI=1S/C12H8BrFN2O3/c1-7-2-12(10(14)4-11(7)16(17)18)19-9-3-8(13)5-15-6-9/h2-6H,1H3. The molecule has 0 atom stereocenters. The van der Waals surface area contributed by atoms with Crippen molar-refractivity contribution in [3.8, 4) is 11.5 Å². The molecule has 0 spiro atoms. The van der Waals surface area contributed by atoms with E-state index in [1.165, 1.54) is 19.2 Å². The Labute approximate surface area is 116 Å². The van der Waals surface area contributed by atoms with E-state index in [2.05, 4.69) is 20.9 Å². The quantitative estimate of drug-likeness (QED) is 0.631. The smallest absolute Gasteiger partial charge is 0.275 e. The summed E-state index contributed by atoms with van der Waals surface area (Å²) in [5, 5.41) is 10.7. The van der Waals surface area contributed by atoms with Gasteiger partial charge in [0.2, 0.25) is 0 Å². The van der Waals surface area contributed by atoms with Gasteiger partial charge in [0.05, 0.1) is 17.2 Å². The molecule has 2 aromatic rings. The van der Waals surface area contributed by atoms with Gasteiger partial charge in [-0.25, -0.2) is 4.39 Å². The first-order valence-corrected chi connectivity index (χ1v) is 5.99. The molecule has 0 radical (unpaired) electrons. The summed E-state index contributed by atoms with van der Waals surface area (Å²) in [5.41, 5.74) is 0.0431. The van der Waals surface area contributed by atoms with E-state index in [0.29, 0.717) is 15.8 Å². The second-order valence-electron chi connectivity index (χ2n) is 3.77. The number of hydrogen-bond donors (Lipinski definition) is 0. The number of ether oxygens (including phenoxy) is 1. The van der Waals surface area contributed by atoms with Crippen molar-refractivity contribution in [2.45, 2.75) is 6.92 Å². The van der Waals surface area contributed by atoms with Crippen LogP contribution in [0, 0.1) is 22.9 Å². The molecule has 1 aromatic heterocycles. The molecule has 19 heavy (non-hydrogen) atoms. The van der Waals surface area contributed by atoms with Crippen molar-refractivity contribution in [2.24, 2.45) is 0 Å². The molecule has 0 unspecified atom stereocenters. The molecule has 0 aliphatic carbocycles. The highest BCUT2D eigenvalue weighted by Gasteiger charge is 2.16. The van der Waals surface area contributed by atoms with Gasteiger partial charge in [-0.05, 0) is 35.0 Å². The van der Waals surface area contributed by atoms with E-state index in [9.17, 15) is 14.5 Å². The van der Waals surface area contributed by atoms with E-state index in [1.54, 1.807) is 12.3 Å². The minimum atomic E-state index is -0.794. The molecule has 0 saturated heterocycles. The summed E-state index contributed by atoms with van der Waals surface area (Å²) >= 11 is 3.21. The maximum Gasteiger partial charge on any atom is 0.275 e. The van der Waals surface area contributed by atoms with E-state index in [0.717, 1.165) is 6.07 Å². The van der Waals surface area contributed by atoms with E-state index < -0.39 is 10.7 Å². The van der Waals surface area contributed by atoms with Gasteiger partial charge in [-0.3, -0.25) is 15.1 Å². The molecule has 5 nitrogen and oxygen atoms in total. The maximum absolute atomic E-state index is 13.7. The number of hydrogen-bond acceptors (Lipinski definition) is 4. The van der Waals surface area contributed by atoms with E-state index in [1.807, 2.05) is 0 Å². The van der Waals surface area contributed by atoms with Crippen molar-refractivity contribution in [2.75, 3.05) is 0 Å². The number of halogens is 2. The number of aromatic nitrogens is 1. The minimum Gasteiger partial charge on any atom is -0.453 e. The van der Waals surface area contributed by atoms with Crippen LogP contribution in [0.3, 0.4) is 0 Å². The van der Waals surface area contributed by atoms with E-state index in [4.69, 9.17) is 4.74 Å². The topological polar surface area (TPSA) is 65.3 Å². The summed E-state index contributed by atoms with van der Waals surface area (Å²) in [7, 11) is 0. The average molecular weight is 327 g/mol. The molecule has 98 valence electrons. The van der Waals surface area contributed by atoms with Crippen LogP contribution in [0.15, 0.2) is 35.1 Å². The Kier molecular flexibility index (Phi) is 3.75. The Morgan fingerprint density at radius 1 is 1.37 bits per heavy atom. The Balaban J connectivity index is 2.36. The van der Waals surface area contributed by atoms with Crippen molar-refractivity contribution in [1.82, 2.24) is 4.98 Å². The minimum absolute atomic E-state index is 0.0806. The largest absolute Gasteiger partial charge is 0.453 e. The summed E-state index contributed by atoms with van der Waals surface area (Å²) in [6, 6.07) is 3.74. The zero-order valence-corrected chi connectivity index (χ0v) is 11.3. The highest BCUT2D eigenvalue weighted by molar-refractivity contribution is 9.10. The number of nitro groups is 1. The van der Waals surface area contributed by atoms with Crippen LogP contribution in [0.1, 0.15) is 5.56 Å². The van der Waals surface area contributed by atoms with Crippen LogP contribution in [0.25, 0.3) is 0 Å². The van der Waals surface area contributed by atoms with Gasteiger partial charge < -0.3 is 4.74 Å². The first-order chi connectivity index (χ1) is 8.97. The summed E-state index contributed by atoms with van der Waals surface area (Å²) in [6.07, 6.45) is 2.98. The first kappa shape index (κ1) is 13.4. The van der Waals surface area contributed by atoms with Gasteiger partial charge in [0.25, 0.3) is 5.69 Å². The van der Waals surface area contributed by atoms with Crippen LogP contribution < -0.4 is 4.74 Å². The van der Waals surface area contributed by atoms with Crippen molar-refractivity contribution in [3.63, 3.8) is 0 Å². The van der Waals surface area contributed by atoms with E-state index in [-0.39, 0.29) is 11.4 Å². The predicted octanol–water partition coefficient (Wildman–Crippen LogP) is 3.99. The zero-order chi connectivity index (χ0) is 14.0. The van der Waals surface area contributed by atoms with Gasteiger partial charge in [-0.1, -0.05) is 0 Å². The number of rotatable bonds is 3. The Hall–Kier alpha value is -2.02. The fourth-order valence-corrected chi connectivity index (χ4v) is 1.84. The third kappa shape index (κ3) is 3.05. The monoisotopic (exact) mass is 326 g/mol. The summed E-state index contributed by atoms with van der Waals surface area (Å²) < 4.78 is 19.7. The SMILES string of the molecule is Cc1cc(Oc2cncc(Br)c2)c(F)cc1[N+](=O)[O-]. The number of aryl methyl sites for hydroxylation is 1. The predicted molar refractivity (Wildman–Crippen MR) is 69.8 cm³/mol. The van der Waals surface area contributed by atoms with Crippen LogP contribution in [-0.2, 0) is 0 Å². The molecule has 0 saturated carbocycles. The third-order valence-corrected chi connectivity index (χ3v) is 2.79. The van der Waals surface area contributed by atoms with Gasteiger partial charge in [0, 0.05) is 16.2 Å². The molecule has 0 N–H and O–H groups in total. The first-order valence-electron chi connectivity index (χ1n) is 5.20. The van der Waals surface area contributed by atoms with Crippen LogP contribution in [0.5, 0.6) is 11.5 Å². The number of nitro benzene ring substituents is 1. The fourth-order valence-electron chi connectivity index (χ4n) is 1.49. The molecule has 0 bridgehead atoms. The lowest BCUT2D eigenvalue weighted by molar-refractivity contribution is -0.385. The van der Waals surface area contributed by atoms with Crippen LogP contribution in [0.4, 0.5) is 10.1 Å². The Morgan fingerprint density at radius 3 is 2.74 bits per heavy atom. The molecule has 1 aromatic carbocycles. The van der Waals surface area contributed by atoms with E-state index >= 15 is 0 Å². The third-order valence-electron chi connectivity index (χ3n) is 2.35. The van der Waals surface area contributed by atoms with Crippen LogP contribution in [-0.4, -0.2) is 9.91 Å². The van der Waals surface area contributed by atoms with Gasteiger partial charge in [0.1, 0.15) is 5.75 Å². The van der Waals surface area contributed by atoms with Crippen LogP contribution >= 0.6 is 15.9 Å². The number of benzene rings is 1. The molecular weight excluding hydrogens is 319 g/mol. The molecular formula is C12H8BrFN2O3. The maximum atomic E-state index is 13.7. The highest BCUT2D eigenvalue weighted by atomic mass is 79.9. The number of pyridine rings is 1.